The van der Waals surface area contributed by atoms with Crippen molar-refractivity contribution < 1.29 is 9.53 Å². The largest absolute Gasteiger partial charge is 0.497 e. The highest BCUT2D eigenvalue weighted by Gasteiger charge is 2.26. The zero-order valence-corrected chi connectivity index (χ0v) is 12.6. The molecule has 1 aliphatic heterocycles. The molecule has 5 nitrogen and oxygen atoms in total. The Morgan fingerprint density at radius 3 is 2.86 bits per heavy atom. The van der Waals surface area contributed by atoms with E-state index < -0.39 is 0 Å². The van der Waals surface area contributed by atoms with Gasteiger partial charge in [0.2, 0.25) is 0 Å². The van der Waals surface area contributed by atoms with E-state index in [9.17, 15) is 4.79 Å². The fourth-order valence-corrected chi connectivity index (χ4v) is 2.77. The molecule has 110 valence electrons. The standard InChI is InChI=1S/C16H19N3O2/c1-11-14(10-17-18(11)2)16(20)19-8-4-5-12-9-13(21-3)6-7-15(12)19/h6-7,9-10H,4-5,8H2,1-3H3. The molecule has 1 aliphatic rings. The molecule has 2 aromatic rings. The molecule has 0 unspecified atom stereocenters. The molecule has 0 spiro atoms. The van der Waals surface area contributed by atoms with E-state index in [1.807, 2.05) is 37.1 Å². The number of rotatable bonds is 2. The second kappa shape index (κ2) is 5.24. The molecule has 21 heavy (non-hydrogen) atoms. The first kappa shape index (κ1) is 13.7. The van der Waals surface area contributed by atoms with Crippen molar-refractivity contribution in [2.45, 2.75) is 19.8 Å². The van der Waals surface area contributed by atoms with Crippen LogP contribution in [-0.4, -0.2) is 29.3 Å². The molecule has 0 atom stereocenters. The Morgan fingerprint density at radius 2 is 2.19 bits per heavy atom. The number of hydrogen-bond acceptors (Lipinski definition) is 3. The van der Waals surface area contributed by atoms with E-state index in [-0.39, 0.29) is 5.91 Å². The number of carbonyl (C=O) groups is 1. The number of hydrogen-bond donors (Lipinski definition) is 0. The first-order valence-corrected chi connectivity index (χ1v) is 7.09. The third kappa shape index (κ3) is 2.28. The van der Waals surface area contributed by atoms with Crippen LogP contribution in [0.4, 0.5) is 5.69 Å². The first-order valence-electron chi connectivity index (χ1n) is 7.09. The normalized spacial score (nSPS) is 14.0. The van der Waals surface area contributed by atoms with Gasteiger partial charge in [0.05, 0.1) is 18.9 Å². The molecule has 3 rings (SSSR count). The summed E-state index contributed by atoms with van der Waals surface area (Å²) in [5, 5.41) is 4.16. The molecule has 0 radical (unpaired) electrons. The molecule has 2 heterocycles. The monoisotopic (exact) mass is 285 g/mol. The molecular formula is C16H19N3O2. The minimum atomic E-state index is 0.0201. The minimum Gasteiger partial charge on any atom is -0.497 e. The Bertz CT molecular complexity index is 691. The van der Waals surface area contributed by atoms with Gasteiger partial charge >= 0.3 is 0 Å². The summed E-state index contributed by atoms with van der Waals surface area (Å²) in [6.07, 6.45) is 3.59. The molecule has 0 N–H and O–H groups in total. The van der Waals surface area contributed by atoms with Crippen molar-refractivity contribution in [2.75, 3.05) is 18.6 Å². The van der Waals surface area contributed by atoms with Gasteiger partial charge in [-0.3, -0.25) is 9.48 Å². The summed E-state index contributed by atoms with van der Waals surface area (Å²) in [6.45, 7) is 2.66. The summed E-state index contributed by atoms with van der Waals surface area (Å²) in [5.41, 5.74) is 3.70. The first-order chi connectivity index (χ1) is 10.1. The third-order valence-electron chi connectivity index (χ3n) is 4.12. The average Bonchev–Trinajstić information content (AvgIpc) is 2.85. The van der Waals surface area contributed by atoms with E-state index in [0.29, 0.717) is 5.56 Å². The summed E-state index contributed by atoms with van der Waals surface area (Å²) in [6, 6.07) is 5.89. The lowest BCUT2D eigenvalue weighted by atomic mass is 10.0. The summed E-state index contributed by atoms with van der Waals surface area (Å²) in [5.74, 6) is 0.854. The van der Waals surface area contributed by atoms with Gasteiger partial charge in [-0.2, -0.15) is 5.10 Å². The molecule has 0 aliphatic carbocycles. The highest BCUT2D eigenvalue weighted by Crippen LogP contribution is 2.31. The third-order valence-corrected chi connectivity index (χ3v) is 4.12. The Labute approximate surface area is 124 Å². The summed E-state index contributed by atoms with van der Waals surface area (Å²) < 4.78 is 6.99. The van der Waals surface area contributed by atoms with E-state index in [1.54, 1.807) is 18.0 Å². The lowest BCUT2D eigenvalue weighted by Gasteiger charge is -2.29. The van der Waals surface area contributed by atoms with Crippen molar-refractivity contribution in [3.63, 3.8) is 0 Å². The SMILES string of the molecule is COc1ccc2c(c1)CCCN2C(=O)c1cnn(C)c1C. The number of benzene rings is 1. The Hall–Kier alpha value is -2.30. The van der Waals surface area contributed by atoms with E-state index in [2.05, 4.69) is 5.10 Å². The second-order valence-corrected chi connectivity index (χ2v) is 5.32. The predicted octanol–water partition coefficient (Wildman–Crippen LogP) is 2.33. The van der Waals surface area contributed by atoms with Crippen LogP contribution in [0.1, 0.15) is 28.0 Å². The molecule has 1 aromatic heterocycles. The van der Waals surface area contributed by atoms with Gasteiger partial charge in [0, 0.05) is 25.0 Å². The number of anilines is 1. The van der Waals surface area contributed by atoms with Crippen molar-refractivity contribution >= 4 is 11.6 Å². The Kier molecular flexibility index (Phi) is 3.41. The van der Waals surface area contributed by atoms with Gasteiger partial charge < -0.3 is 9.64 Å². The Morgan fingerprint density at radius 1 is 1.38 bits per heavy atom. The van der Waals surface area contributed by atoms with Gasteiger partial charge in [-0.1, -0.05) is 0 Å². The average molecular weight is 285 g/mol. The summed E-state index contributed by atoms with van der Waals surface area (Å²) in [4.78, 5) is 14.6. The van der Waals surface area contributed by atoms with Crippen LogP contribution in [-0.2, 0) is 13.5 Å². The van der Waals surface area contributed by atoms with Crippen LogP contribution < -0.4 is 9.64 Å². The fraction of sp³-hybridized carbons (Fsp3) is 0.375. The van der Waals surface area contributed by atoms with Gasteiger partial charge in [-0.05, 0) is 43.5 Å². The number of ether oxygens (including phenoxy) is 1. The number of amides is 1. The highest BCUT2D eigenvalue weighted by atomic mass is 16.5. The topological polar surface area (TPSA) is 47.4 Å². The van der Waals surface area contributed by atoms with Crippen molar-refractivity contribution in [1.29, 1.82) is 0 Å². The van der Waals surface area contributed by atoms with Crippen LogP contribution in [0.15, 0.2) is 24.4 Å². The van der Waals surface area contributed by atoms with Crippen LogP contribution in [0.3, 0.4) is 0 Å². The van der Waals surface area contributed by atoms with E-state index in [4.69, 9.17) is 4.74 Å². The van der Waals surface area contributed by atoms with Gasteiger partial charge in [0.1, 0.15) is 5.75 Å². The molecule has 1 amide bonds. The lowest BCUT2D eigenvalue weighted by Crippen LogP contribution is -2.35. The molecule has 0 fully saturated rings. The summed E-state index contributed by atoms with van der Waals surface area (Å²) in [7, 11) is 3.51. The maximum Gasteiger partial charge on any atom is 0.261 e. The van der Waals surface area contributed by atoms with E-state index in [0.717, 1.165) is 42.1 Å². The second-order valence-electron chi connectivity index (χ2n) is 5.32. The Balaban J connectivity index is 1.98. The molecule has 1 aromatic carbocycles. The summed E-state index contributed by atoms with van der Waals surface area (Å²) >= 11 is 0. The lowest BCUT2D eigenvalue weighted by molar-refractivity contribution is 0.0984. The van der Waals surface area contributed by atoms with E-state index >= 15 is 0 Å². The minimum absolute atomic E-state index is 0.0201. The maximum absolute atomic E-state index is 12.8. The van der Waals surface area contributed by atoms with Crippen LogP contribution in [0.25, 0.3) is 0 Å². The zero-order valence-electron chi connectivity index (χ0n) is 12.6. The van der Waals surface area contributed by atoms with Gasteiger partial charge in [0.25, 0.3) is 5.91 Å². The molecule has 0 bridgehead atoms. The fourth-order valence-electron chi connectivity index (χ4n) is 2.77. The number of nitrogens with zero attached hydrogens (tertiary/aromatic N) is 3. The number of aromatic nitrogens is 2. The molecule has 5 heteroatoms. The van der Waals surface area contributed by atoms with Crippen molar-refractivity contribution in [1.82, 2.24) is 9.78 Å². The number of carbonyl (C=O) groups excluding carboxylic acids is 1. The quantitative estimate of drug-likeness (QED) is 0.851. The maximum atomic E-state index is 12.8. The number of methoxy groups -OCH3 is 1. The molecular weight excluding hydrogens is 266 g/mol. The highest BCUT2D eigenvalue weighted by molar-refractivity contribution is 6.07. The zero-order chi connectivity index (χ0) is 15.0. The molecule has 0 saturated carbocycles. The number of aryl methyl sites for hydroxylation is 2. The van der Waals surface area contributed by atoms with Crippen molar-refractivity contribution in [3.05, 3.63) is 41.2 Å². The van der Waals surface area contributed by atoms with E-state index in [1.165, 1.54) is 0 Å². The van der Waals surface area contributed by atoms with Gasteiger partial charge in [-0.15, -0.1) is 0 Å². The molecule has 0 saturated heterocycles. The number of fused-ring (bicyclic) bond motifs is 1. The van der Waals surface area contributed by atoms with Crippen LogP contribution in [0.2, 0.25) is 0 Å². The van der Waals surface area contributed by atoms with Crippen molar-refractivity contribution in [3.8, 4) is 5.75 Å². The van der Waals surface area contributed by atoms with Crippen LogP contribution in [0, 0.1) is 6.92 Å². The predicted molar refractivity (Wildman–Crippen MR) is 80.9 cm³/mol. The van der Waals surface area contributed by atoms with Gasteiger partial charge in [0.15, 0.2) is 0 Å². The van der Waals surface area contributed by atoms with Crippen molar-refractivity contribution in [2.24, 2.45) is 7.05 Å². The smallest absolute Gasteiger partial charge is 0.261 e. The van der Waals surface area contributed by atoms with Crippen LogP contribution in [0.5, 0.6) is 5.75 Å². The van der Waals surface area contributed by atoms with Crippen LogP contribution >= 0.6 is 0 Å². The van der Waals surface area contributed by atoms with Gasteiger partial charge in [-0.25, -0.2) is 0 Å².